The van der Waals surface area contributed by atoms with Gasteiger partial charge in [-0.3, -0.25) is 4.79 Å². The van der Waals surface area contributed by atoms with E-state index in [-0.39, 0.29) is 30.2 Å². The Morgan fingerprint density at radius 1 is 1.43 bits per heavy atom. The number of nitrogens with one attached hydrogen (secondary N) is 1. The van der Waals surface area contributed by atoms with Gasteiger partial charge in [0.05, 0.1) is 12.3 Å². The summed E-state index contributed by atoms with van der Waals surface area (Å²) in [5.74, 6) is -2.04. The Labute approximate surface area is 131 Å². The quantitative estimate of drug-likeness (QED) is 0.635. The van der Waals surface area contributed by atoms with E-state index >= 15 is 0 Å². The molecule has 1 aromatic carbocycles. The number of carbonyl (C=O) groups is 2. The average molecular weight is 326 g/mol. The number of nitrogens with zero attached hydrogens (tertiary/aromatic N) is 1. The number of hydrogen-bond acceptors (Lipinski definition) is 5. The van der Waals surface area contributed by atoms with Gasteiger partial charge in [0.15, 0.2) is 0 Å². The highest BCUT2D eigenvalue weighted by atomic mass is 19.1. The summed E-state index contributed by atoms with van der Waals surface area (Å²) in [4.78, 5) is 27.4. The van der Waals surface area contributed by atoms with Crippen LogP contribution in [0.15, 0.2) is 23.4 Å². The summed E-state index contributed by atoms with van der Waals surface area (Å²) in [5, 5.41) is 6.20. The van der Waals surface area contributed by atoms with Crippen molar-refractivity contribution in [1.29, 1.82) is 0 Å². The molecule has 0 fully saturated rings. The van der Waals surface area contributed by atoms with Crippen LogP contribution in [0.3, 0.4) is 0 Å². The molecule has 0 saturated heterocycles. The van der Waals surface area contributed by atoms with Crippen molar-refractivity contribution in [2.75, 3.05) is 13.2 Å². The number of oxime groups is 1. The molecular weight excluding hydrogens is 310 g/mol. The van der Waals surface area contributed by atoms with Crippen LogP contribution in [0.4, 0.5) is 8.78 Å². The van der Waals surface area contributed by atoms with Gasteiger partial charge in [-0.25, -0.2) is 13.6 Å². The third-order valence-electron chi connectivity index (χ3n) is 3.11. The number of benzene rings is 1. The standard InChI is InChI=1S/C15H16F2N2O4/c1-9(20)18-5-2-6-22-15(21)14-8-13(19-23-14)11-7-10(16)3-4-12(11)17/h3-4,7,14H,2,5-6,8H2,1H3,(H,18,20)/t14-/m0/s1. The third-order valence-corrected chi connectivity index (χ3v) is 3.11. The lowest BCUT2D eigenvalue weighted by molar-refractivity contribution is -0.155. The first-order chi connectivity index (χ1) is 11.0. The summed E-state index contributed by atoms with van der Waals surface area (Å²) in [6, 6.07) is 2.98. The molecule has 0 spiro atoms. The van der Waals surface area contributed by atoms with Gasteiger partial charge in [0.2, 0.25) is 12.0 Å². The molecule has 0 saturated carbocycles. The SMILES string of the molecule is CC(=O)NCCCOC(=O)[C@@H]1CC(c2cc(F)ccc2F)=NO1. The number of amides is 1. The summed E-state index contributed by atoms with van der Waals surface area (Å²) in [7, 11) is 0. The first-order valence-electron chi connectivity index (χ1n) is 7.06. The van der Waals surface area contributed by atoms with Crippen molar-refractivity contribution in [2.24, 2.45) is 5.16 Å². The molecule has 124 valence electrons. The maximum Gasteiger partial charge on any atom is 0.350 e. The zero-order valence-electron chi connectivity index (χ0n) is 12.5. The Bertz CT molecular complexity index is 634. The second-order valence-corrected chi connectivity index (χ2v) is 4.96. The number of rotatable bonds is 6. The van der Waals surface area contributed by atoms with E-state index in [4.69, 9.17) is 9.57 Å². The molecule has 6 nitrogen and oxygen atoms in total. The highest BCUT2D eigenvalue weighted by Gasteiger charge is 2.31. The van der Waals surface area contributed by atoms with Crippen LogP contribution in [0.1, 0.15) is 25.3 Å². The molecule has 0 bridgehead atoms. The van der Waals surface area contributed by atoms with E-state index in [9.17, 15) is 18.4 Å². The lowest BCUT2D eigenvalue weighted by atomic mass is 10.0. The van der Waals surface area contributed by atoms with E-state index < -0.39 is 23.7 Å². The summed E-state index contributed by atoms with van der Waals surface area (Å²) in [6.07, 6.45) is -0.511. The number of carbonyl (C=O) groups excluding carboxylic acids is 2. The van der Waals surface area contributed by atoms with Gasteiger partial charge in [-0.1, -0.05) is 5.16 Å². The summed E-state index contributed by atoms with van der Waals surface area (Å²) in [6.45, 7) is 1.90. The zero-order valence-corrected chi connectivity index (χ0v) is 12.5. The van der Waals surface area contributed by atoms with Crippen LogP contribution in [-0.4, -0.2) is 36.8 Å². The van der Waals surface area contributed by atoms with Crippen molar-refractivity contribution in [3.05, 3.63) is 35.4 Å². The van der Waals surface area contributed by atoms with Gasteiger partial charge in [0.1, 0.15) is 11.6 Å². The number of esters is 1. The maximum atomic E-state index is 13.6. The van der Waals surface area contributed by atoms with Crippen molar-refractivity contribution in [3.63, 3.8) is 0 Å². The van der Waals surface area contributed by atoms with E-state index in [1.54, 1.807) is 0 Å². The third kappa shape index (κ3) is 4.73. The molecule has 0 radical (unpaired) electrons. The van der Waals surface area contributed by atoms with Crippen LogP contribution in [0, 0.1) is 11.6 Å². The maximum absolute atomic E-state index is 13.6. The van der Waals surface area contributed by atoms with Gasteiger partial charge in [-0.2, -0.15) is 0 Å². The predicted molar refractivity (Wildman–Crippen MR) is 76.6 cm³/mol. The van der Waals surface area contributed by atoms with Crippen LogP contribution >= 0.6 is 0 Å². The smallest absolute Gasteiger partial charge is 0.350 e. The highest BCUT2D eigenvalue weighted by Crippen LogP contribution is 2.20. The van der Waals surface area contributed by atoms with Gasteiger partial charge in [-0.05, 0) is 24.6 Å². The molecule has 1 aliphatic heterocycles. The highest BCUT2D eigenvalue weighted by molar-refractivity contribution is 6.03. The first-order valence-corrected chi connectivity index (χ1v) is 7.06. The van der Waals surface area contributed by atoms with Gasteiger partial charge in [0.25, 0.3) is 0 Å². The summed E-state index contributed by atoms with van der Waals surface area (Å²) in [5.41, 5.74) is 0.119. The van der Waals surface area contributed by atoms with Crippen LogP contribution in [-0.2, 0) is 19.2 Å². The fourth-order valence-electron chi connectivity index (χ4n) is 1.98. The Kier molecular flexibility index (Phi) is 5.61. The molecule has 0 unspecified atom stereocenters. The Hall–Kier alpha value is -2.51. The Morgan fingerprint density at radius 3 is 2.96 bits per heavy atom. The summed E-state index contributed by atoms with van der Waals surface area (Å²) >= 11 is 0. The molecular formula is C15H16F2N2O4. The van der Waals surface area contributed by atoms with Gasteiger partial charge < -0.3 is 14.9 Å². The molecule has 0 aromatic heterocycles. The number of ether oxygens (including phenoxy) is 1. The lowest BCUT2D eigenvalue weighted by Gasteiger charge is -2.09. The van der Waals surface area contributed by atoms with Crippen molar-refractivity contribution in [1.82, 2.24) is 5.32 Å². The molecule has 1 amide bonds. The van der Waals surface area contributed by atoms with Crippen LogP contribution < -0.4 is 5.32 Å². The van der Waals surface area contributed by atoms with Crippen molar-refractivity contribution < 1.29 is 27.9 Å². The second kappa shape index (κ2) is 7.66. The predicted octanol–water partition coefficient (Wildman–Crippen LogP) is 1.53. The fourth-order valence-corrected chi connectivity index (χ4v) is 1.98. The molecule has 8 heteroatoms. The zero-order chi connectivity index (χ0) is 16.8. The topological polar surface area (TPSA) is 77.0 Å². The van der Waals surface area contributed by atoms with Gasteiger partial charge >= 0.3 is 5.97 Å². The molecule has 1 atom stereocenters. The molecule has 23 heavy (non-hydrogen) atoms. The van der Waals surface area contributed by atoms with Crippen LogP contribution in [0.5, 0.6) is 0 Å². The lowest BCUT2D eigenvalue weighted by Crippen LogP contribution is -2.26. The van der Waals surface area contributed by atoms with Crippen molar-refractivity contribution in [2.45, 2.75) is 25.9 Å². The molecule has 1 N–H and O–H groups in total. The number of hydrogen-bond donors (Lipinski definition) is 1. The van der Waals surface area contributed by atoms with E-state index in [1.165, 1.54) is 6.92 Å². The molecule has 1 heterocycles. The van der Waals surface area contributed by atoms with Gasteiger partial charge in [-0.15, -0.1) is 0 Å². The normalized spacial score (nSPS) is 16.5. The Balaban J connectivity index is 1.81. The molecule has 0 aliphatic carbocycles. The van der Waals surface area contributed by atoms with E-state index in [1.807, 2.05) is 0 Å². The van der Waals surface area contributed by atoms with Crippen LogP contribution in [0.2, 0.25) is 0 Å². The molecule has 1 aliphatic rings. The number of halogens is 2. The van der Waals surface area contributed by atoms with Crippen LogP contribution in [0.25, 0.3) is 0 Å². The molecule has 2 rings (SSSR count). The minimum absolute atomic E-state index is 0.00486. The van der Waals surface area contributed by atoms with E-state index in [2.05, 4.69) is 10.5 Å². The minimum atomic E-state index is -0.978. The fraction of sp³-hybridized carbons (Fsp3) is 0.400. The van der Waals surface area contributed by atoms with Gasteiger partial charge in [0, 0.05) is 25.5 Å². The average Bonchev–Trinajstić information content (AvgIpc) is 2.98. The monoisotopic (exact) mass is 326 g/mol. The largest absolute Gasteiger partial charge is 0.463 e. The minimum Gasteiger partial charge on any atom is -0.463 e. The second-order valence-electron chi connectivity index (χ2n) is 4.96. The van der Waals surface area contributed by atoms with Crippen molar-refractivity contribution in [3.8, 4) is 0 Å². The summed E-state index contributed by atoms with van der Waals surface area (Å²) < 4.78 is 31.8. The van der Waals surface area contributed by atoms with Crippen molar-refractivity contribution >= 4 is 17.6 Å². The molecule has 1 aromatic rings. The van der Waals surface area contributed by atoms with E-state index in [0.29, 0.717) is 13.0 Å². The Morgan fingerprint density at radius 2 is 2.22 bits per heavy atom. The first kappa shape index (κ1) is 16.9. The van der Waals surface area contributed by atoms with E-state index in [0.717, 1.165) is 18.2 Å².